The van der Waals surface area contributed by atoms with Crippen LogP contribution in [-0.2, 0) is 13.1 Å². The first kappa shape index (κ1) is 20.8. The number of halogens is 2. The second-order valence-electron chi connectivity index (χ2n) is 6.72. The van der Waals surface area contributed by atoms with Crippen LogP contribution in [0, 0.1) is 0 Å². The molecule has 4 aromatic rings. The predicted octanol–water partition coefficient (Wildman–Crippen LogP) is 5.58. The summed E-state index contributed by atoms with van der Waals surface area (Å²) in [4.78, 5) is 20.9. The van der Waals surface area contributed by atoms with Gasteiger partial charge in [0.25, 0.3) is 0 Å². The maximum atomic E-state index is 4.65. The smallest absolute Gasteiger partial charge is 0.106 e. The summed E-state index contributed by atoms with van der Waals surface area (Å²) in [6.45, 7) is 1.23. The van der Waals surface area contributed by atoms with Crippen LogP contribution in [0.15, 0.2) is 94.4 Å². The topological polar surface area (TPSA) is 54.8 Å². The SMILES string of the molecule is Brc1cccc(CN(Cc2cccc(Br)n2)C(c2ccccn2)c2ccccn2)n1. The van der Waals surface area contributed by atoms with Gasteiger partial charge in [-0.15, -0.1) is 0 Å². The lowest BCUT2D eigenvalue weighted by atomic mass is 10.1. The highest BCUT2D eigenvalue weighted by Gasteiger charge is 2.26. The molecule has 0 bridgehead atoms. The number of pyridine rings is 4. The maximum Gasteiger partial charge on any atom is 0.106 e. The Kier molecular flexibility index (Phi) is 6.94. The number of rotatable bonds is 7. The first-order valence-electron chi connectivity index (χ1n) is 9.48. The minimum atomic E-state index is -0.144. The van der Waals surface area contributed by atoms with Crippen LogP contribution in [0.4, 0.5) is 0 Å². The van der Waals surface area contributed by atoms with Gasteiger partial charge in [-0.25, -0.2) is 9.97 Å². The minimum absolute atomic E-state index is 0.144. The number of aromatic nitrogens is 4. The quantitative estimate of drug-likeness (QED) is 0.295. The molecule has 4 rings (SSSR count). The molecule has 0 aliphatic heterocycles. The summed E-state index contributed by atoms with van der Waals surface area (Å²) in [6, 6.07) is 23.7. The number of hydrogen-bond donors (Lipinski definition) is 0. The fourth-order valence-corrected chi connectivity index (χ4v) is 4.09. The van der Waals surface area contributed by atoms with Gasteiger partial charge in [0.2, 0.25) is 0 Å². The largest absolute Gasteiger partial charge is 0.278 e. The fourth-order valence-electron chi connectivity index (χ4n) is 3.33. The molecule has 0 spiro atoms. The molecule has 0 saturated carbocycles. The van der Waals surface area contributed by atoms with Crippen LogP contribution in [0.3, 0.4) is 0 Å². The summed E-state index contributed by atoms with van der Waals surface area (Å²) in [7, 11) is 0. The Labute approximate surface area is 192 Å². The van der Waals surface area contributed by atoms with E-state index < -0.39 is 0 Å². The molecular formula is C23H19Br2N5. The monoisotopic (exact) mass is 523 g/mol. The Hall–Kier alpha value is -2.48. The molecular weight excluding hydrogens is 506 g/mol. The highest BCUT2D eigenvalue weighted by Crippen LogP contribution is 2.29. The lowest BCUT2D eigenvalue weighted by molar-refractivity contribution is 0.195. The normalized spacial score (nSPS) is 11.2. The van der Waals surface area contributed by atoms with E-state index in [9.17, 15) is 0 Å². The van der Waals surface area contributed by atoms with E-state index in [0.717, 1.165) is 32.0 Å². The van der Waals surface area contributed by atoms with Gasteiger partial charge in [0.1, 0.15) is 9.21 Å². The van der Waals surface area contributed by atoms with E-state index in [1.54, 1.807) is 0 Å². The molecule has 4 heterocycles. The lowest BCUT2D eigenvalue weighted by Crippen LogP contribution is -2.31. The minimum Gasteiger partial charge on any atom is -0.278 e. The standard InChI is InChI=1S/C23H19Br2N5/c24-21-11-5-7-17(28-21)15-30(16-18-8-6-12-22(25)29-18)23(19-9-1-3-13-26-19)20-10-2-4-14-27-20/h1-14,23H,15-16H2. The molecule has 150 valence electrons. The first-order valence-corrected chi connectivity index (χ1v) is 11.1. The lowest BCUT2D eigenvalue weighted by Gasteiger charge is -2.30. The van der Waals surface area contributed by atoms with Crippen molar-refractivity contribution < 1.29 is 0 Å². The zero-order valence-electron chi connectivity index (χ0n) is 16.1. The number of nitrogens with zero attached hydrogens (tertiary/aromatic N) is 5. The van der Waals surface area contributed by atoms with Crippen molar-refractivity contribution in [2.24, 2.45) is 0 Å². The van der Waals surface area contributed by atoms with Crippen molar-refractivity contribution in [2.75, 3.05) is 0 Å². The van der Waals surface area contributed by atoms with Gasteiger partial charge in [-0.3, -0.25) is 14.9 Å². The Bertz CT molecular complexity index is 1010. The number of hydrogen-bond acceptors (Lipinski definition) is 5. The van der Waals surface area contributed by atoms with Gasteiger partial charge in [0, 0.05) is 25.5 Å². The average molecular weight is 525 g/mol. The predicted molar refractivity (Wildman–Crippen MR) is 123 cm³/mol. The second-order valence-corrected chi connectivity index (χ2v) is 8.34. The van der Waals surface area contributed by atoms with Crippen LogP contribution >= 0.6 is 31.9 Å². The molecule has 0 N–H and O–H groups in total. The Morgan fingerprint density at radius 3 is 1.53 bits per heavy atom. The van der Waals surface area contributed by atoms with Crippen molar-refractivity contribution in [1.29, 1.82) is 0 Å². The summed E-state index contributed by atoms with van der Waals surface area (Å²) in [5.74, 6) is 0. The molecule has 0 saturated heterocycles. The first-order chi connectivity index (χ1) is 14.7. The van der Waals surface area contributed by atoms with E-state index in [2.05, 4.69) is 56.7 Å². The zero-order valence-corrected chi connectivity index (χ0v) is 19.2. The van der Waals surface area contributed by atoms with Crippen LogP contribution in [0.1, 0.15) is 28.8 Å². The maximum absolute atomic E-state index is 4.65. The van der Waals surface area contributed by atoms with Gasteiger partial charge < -0.3 is 0 Å². The van der Waals surface area contributed by atoms with Crippen LogP contribution < -0.4 is 0 Å². The van der Waals surface area contributed by atoms with Gasteiger partial charge in [0.05, 0.1) is 28.8 Å². The molecule has 7 heteroatoms. The molecule has 30 heavy (non-hydrogen) atoms. The Balaban J connectivity index is 1.77. The van der Waals surface area contributed by atoms with Crippen molar-refractivity contribution >= 4 is 31.9 Å². The van der Waals surface area contributed by atoms with E-state index in [4.69, 9.17) is 0 Å². The molecule has 0 unspecified atom stereocenters. The zero-order chi connectivity index (χ0) is 20.8. The van der Waals surface area contributed by atoms with Gasteiger partial charge in [0.15, 0.2) is 0 Å². The summed E-state index contributed by atoms with van der Waals surface area (Å²) in [5, 5.41) is 0. The van der Waals surface area contributed by atoms with Gasteiger partial charge in [-0.2, -0.15) is 0 Å². The molecule has 0 aliphatic carbocycles. The summed E-state index contributed by atoms with van der Waals surface area (Å²) in [5.41, 5.74) is 3.77. The van der Waals surface area contributed by atoms with Crippen LogP contribution in [0.5, 0.6) is 0 Å². The van der Waals surface area contributed by atoms with E-state index in [0.29, 0.717) is 13.1 Å². The Morgan fingerprint density at radius 1 is 0.633 bits per heavy atom. The highest BCUT2D eigenvalue weighted by molar-refractivity contribution is 9.10. The van der Waals surface area contributed by atoms with Crippen molar-refractivity contribution in [2.45, 2.75) is 19.1 Å². The summed E-state index contributed by atoms with van der Waals surface area (Å²) < 4.78 is 1.63. The third-order valence-corrected chi connectivity index (χ3v) is 5.46. The van der Waals surface area contributed by atoms with E-state index in [1.165, 1.54) is 0 Å². The molecule has 0 amide bonds. The van der Waals surface area contributed by atoms with E-state index in [-0.39, 0.29) is 6.04 Å². The molecule has 5 nitrogen and oxygen atoms in total. The van der Waals surface area contributed by atoms with Crippen molar-refractivity contribution in [1.82, 2.24) is 24.8 Å². The molecule has 0 fully saturated rings. The van der Waals surface area contributed by atoms with Crippen molar-refractivity contribution in [3.05, 3.63) is 117 Å². The average Bonchev–Trinajstić information content (AvgIpc) is 2.75. The third-order valence-electron chi connectivity index (χ3n) is 4.58. The van der Waals surface area contributed by atoms with Gasteiger partial charge in [-0.1, -0.05) is 24.3 Å². The highest BCUT2D eigenvalue weighted by atomic mass is 79.9. The third kappa shape index (κ3) is 5.36. The fraction of sp³-hybridized carbons (Fsp3) is 0.130. The second kappa shape index (κ2) is 10.0. The summed E-state index contributed by atoms with van der Waals surface area (Å²) in [6.07, 6.45) is 3.64. The van der Waals surface area contributed by atoms with Crippen molar-refractivity contribution in [3.63, 3.8) is 0 Å². The molecule has 4 aromatic heterocycles. The van der Waals surface area contributed by atoms with Crippen molar-refractivity contribution in [3.8, 4) is 0 Å². The molecule has 0 aliphatic rings. The Morgan fingerprint density at radius 2 is 1.13 bits per heavy atom. The molecule has 0 atom stereocenters. The van der Waals surface area contributed by atoms with Gasteiger partial charge in [-0.05, 0) is 80.4 Å². The summed E-state index contributed by atoms with van der Waals surface area (Å²) >= 11 is 6.96. The van der Waals surface area contributed by atoms with Crippen LogP contribution in [0.2, 0.25) is 0 Å². The molecule has 0 aromatic carbocycles. The van der Waals surface area contributed by atoms with Crippen LogP contribution in [0.25, 0.3) is 0 Å². The molecule has 0 radical (unpaired) electrons. The van der Waals surface area contributed by atoms with Gasteiger partial charge >= 0.3 is 0 Å². The van der Waals surface area contributed by atoms with E-state index >= 15 is 0 Å². The van der Waals surface area contributed by atoms with Crippen LogP contribution in [-0.4, -0.2) is 24.8 Å². The van der Waals surface area contributed by atoms with E-state index in [1.807, 2.05) is 85.2 Å².